The van der Waals surface area contributed by atoms with Gasteiger partial charge >= 0.3 is 12.1 Å². The summed E-state index contributed by atoms with van der Waals surface area (Å²) < 4.78 is 40.4. The van der Waals surface area contributed by atoms with Crippen LogP contribution in [0.1, 0.15) is 51.9 Å². The lowest BCUT2D eigenvalue weighted by Crippen LogP contribution is -2.06. The fourth-order valence-electron chi connectivity index (χ4n) is 1.53. The molecule has 2 N–H and O–H groups in total. The van der Waals surface area contributed by atoms with Crippen molar-refractivity contribution in [3.63, 3.8) is 0 Å². The Balaban J connectivity index is 3.28. The summed E-state index contributed by atoms with van der Waals surface area (Å²) in [6, 6.07) is 0. The first-order valence-electron chi connectivity index (χ1n) is 6.48. The lowest BCUT2D eigenvalue weighted by atomic mass is 10.1. The van der Waals surface area contributed by atoms with E-state index in [0.29, 0.717) is 18.7 Å². The number of unbranched alkanes of at least 4 members (excludes halogenated alkanes) is 5. The summed E-state index contributed by atoms with van der Waals surface area (Å²) in [5.74, 6) is -0.454. The molecule has 0 radical (unpaired) electrons. The molecule has 0 unspecified atom stereocenters. The number of hydrogen-bond acceptors (Lipinski definition) is 3. The maximum Gasteiger partial charge on any atom is 0.389 e. The van der Waals surface area contributed by atoms with Crippen molar-refractivity contribution in [2.24, 2.45) is 5.73 Å². The van der Waals surface area contributed by atoms with Gasteiger partial charge in [-0.2, -0.15) is 13.2 Å². The molecule has 0 saturated heterocycles. The molecule has 6 heteroatoms. The van der Waals surface area contributed by atoms with Gasteiger partial charge in [-0.1, -0.05) is 25.7 Å². The van der Waals surface area contributed by atoms with Gasteiger partial charge in [0.1, 0.15) is 0 Å². The van der Waals surface area contributed by atoms with Gasteiger partial charge in [-0.05, 0) is 19.8 Å². The number of nitrogens with two attached hydrogens (primary N) is 1. The summed E-state index contributed by atoms with van der Waals surface area (Å²) in [6.45, 7) is 1.92. The molecule has 0 aromatic rings. The van der Waals surface area contributed by atoms with Gasteiger partial charge in [-0.15, -0.1) is 0 Å². The van der Waals surface area contributed by atoms with Crippen molar-refractivity contribution in [3.05, 3.63) is 11.8 Å². The maximum atomic E-state index is 11.8. The Morgan fingerprint density at radius 3 is 2.16 bits per heavy atom. The molecular formula is C13H22F3NO2. The maximum absolute atomic E-state index is 11.8. The molecular weight excluding hydrogens is 259 g/mol. The Labute approximate surface area is 112 Å². The predicted octanol–water partition coefficient (Wildman–Crippen LogP) is 3.69. The molecule has 0 fully saturated rings. The molecule has 0 aliphatic rings. The molecule has 0 aromatic carbocycles. The third kappa shape index (κ3) is 14.7. The van der Waals surface area contributed by atoms with Gasteiger partial charge in [0.15, 0.2) is 0 Å². The Morgan fingerprint density at radius 2 is 1.63 bits per heavy atom. The fraction of sp³-hybridized carbons (Fsp3) is 0.769. The Hall–Kier alpha value is -1.20. The van der Waals surface area contributed by atoms with Crippen LogP contribution in [-0.2, 0) is 9.53 Å². The van der Waals surface area contributed by atoms with E-state index in [2.05, 4.69) is 0 Å². The molecule has 0 rings (SSSR count). The van der Waals surface area contributed by atoms with E-state index in [4.69, 9.17) is 10.5 Å². The fourth-order valence-corrected chi connectivity index (χ4v) is 1.53. The average Bonchev–Trinajstić information content (AvgIpc) is 2.24. The molecule has 0 atom stereocenters. The number of hydrogen-bond donors (Lipinski definition) is 1. The van der Waals surface area contributed by atoms with Crippen molar-refractivity contribution >= 4 is 5.97 Å². The summed E-state index contributed by atoms with van der Waals surface area (Å²) in [7, 11) is 0. The number of alkyl halides is 3. The molecule has 112 valence electrons. The topological polar surface area (TPSA) is 52.3 Å². The highest BCUT2D eigenvalue weighted by molar-refractivity contribution is 5.82. The normalized spacial score (nSPS) is 12.5. The zero-order chi connectivity index (χ0) is 14.7. The minimum Gasteiger partial charge on any atom is -0.462 e. The molecule has 0 aliphatic heterocycles. The minimum atomic E-state index is -4.04. The van der Waals surface area contributed by atoms with Gasteiger partial charge in [0.05, 0.1) is 6.61 Å². The van der Waals surface area contributed by atoms with E-state index in [9.17, 15) is 18.0 Å². The number of carbonyl (C=O) groups excluding carboxylic acids is 1. The molecule has 3 nitrogen and oxygen atoms in total. The van der Waals surface area contributed by atoms with Crippen molar-refractivity contribution in [3.8, 4) is 0 Å². The Bertz CT molecular complexity index is 284. The van der Waals surface area contributed by atoms with Crippen LogP contribution in [0.2, 0.25) is 0 Å². The largest absolute Gasteiger partial charge is 0.462 e. The average molecular weight is 281 g/mol. The summed E-state index contributed by atoms with van der Waals surface area (Å²) in [5, 5.41) is 0. The highest BCUT2D eigenvalue weighted by Crippen LogP contribution is 2.23. The van der Waals surface area contributed by atoms with Crippen LogP contribution < -0.4 is 5.73 Å². The quantitative estimate of drug-likeness (QED) is 0.398. The zero-order valence-electron chi connectivity index (χ0n) is 11.3. The second-order valence-corrected chi connectivity index (χ2v) is 4.54. The van der Waals surface area contributed by atoms with Crippen molar-refractivity contribution in [1.82, 2.24) is 0 Å². The highest BCUT2D eigenvalue weighted by atomic mass is 19.4. The third-order valence-electron chi connectivity index (χ3n) is 2.44. The number of rotatable bonds is 9. The summed E-state index contributed by atoms with van der Waals surface area (Å²) in [6.07, 6.45) is 0.489. The molecule has 0 aliphatic carbocycles. The van der Waals surface area contributed by atoms with E-state index in [1.54, 1.807) is 6.92 Å². The number of carbonyl (C=O) groups is 1. The van der Waals surface area contributed by atoms with Crippen LogP contribution in [0.25, 0.3) is 0 Å². The molecule has 0 spiro atoms. The van der Waals surface area contributed by atoms with Crippen LogP contribution in [0, 0.1) is 0 Å². The van der Waals surface area contributed by atoms with Gasteiger partial charge < -0.3 is 10.5 Å². The standard InChI is InChI=1S/C13H22F3NO2/c1-11(17)10-12(18)19-9-7-5-3-2-4-6-8-13(14,15)16/h10H,2-9,17H2,1H3. The second kappa shape index (κ2) is 9.69. The number of ether oxygens (including phenoxy) is 1. The molecule has 19 heavy (non-hydrogen) atoms. The van der Waals surface area contributed by atoms with E-state index < -0.39 is 18.6 Å². The number of allylic oxidation sites excluding steroid dienone is 1. The Morgan fingerprint density at radius 1 is 1.11 bits per heavy atom. The van der Waals surface area contributed by atoms with Crippen LogP contribution >= 0.6 is 0 Å². The predicted molar refractivity (Wildman–Crippen MR) is 67.3 cm³/mol. The van der Waals surface area contributed by atoms with Crippen LogP contribution in [-0.4, -0.2) is 18.8 Å². The molecule has 0 saturated carbocycles. The van der Waals surface area contributed by atoms with Crippen LogP contribution in [0.3, 0.4) is 0 Å². The van der Waals surface area contributed by atoms with E-state index >= 15 is 0 Å². The first kappa shape index (κ1) is 17.8. The number of halogens is 3. The minimum absolute atomic E-state index is 0.194. The van der Waals surface area contributed by atoms with E-state index in [0.717, 1.165) is 25.7 Å². The monoisotopic (exact) mass is 281 g/mol. The smallest absolute Gasteiger partial charge is 0.389 e. The molecule has 0 amide bonds. The van der Waals surface area contributed by atoms with Gasteiger partial charge in [0.2, 0.25) is 0 Å². The Kier molecular flexibility index (Phi) is 9.08. The summed E-state index contributed by atoms with van der Waals surface area (Å²) in [4.78, 5) is 11.0. The number of esters is 1. The van der Waals surface area contributed by atoms with Crippen LogP contribution in [0.4, 0.5) is 13.2 Å². The van der Waals surface area contributed by atoms with Gasteiger partial charge in [0, 0.05) is 18.2 Å². The van der Waals surface area contributed by atoms with Crippen molar-refractivity contribution in [1.29, 1.82) is 0 Å². The molecule has 0 heterocycles. The highest BCUT2D eigenvalue weighted by Gasteiger charge is 2.25. The van der Waals surface area contributed by atoms with Gasteiger partial charge in [-0.25, -0.2) is 4.79 Å². The molecule has 0 aromatic heterocycles. The van der Waals surface area contributed by atoms with Gasteiger partial charge in [-0.3, -0.25) is 0 Å². The lowest BCUT2D eigenvalue weighted by Gasteiger charge is -2.05. The van der Waals surface area contributed by atoms with E-state index in [-0.39, 0.29) is 6.42 Å². The zero-order valence-corrected chi connectivity index (χ0v) is 11.3. The summed E-state index contributed by atoms with van der Waals surface area (Å²) in [5.41, 5.74) is 5.70. The first-order valence-corrected chi connectivity index (χ1v) is 6.48. The van der Waals surface area contributed by atoms with Crippen LogP contribution in [0.5, 0.6) is 0 Å². The van der Waals surface area contributed by atoms with Crippen molar-refractivity contribution < 1.29 is 22.7 Å². The second-order valence-electron chi connectivity index (χ2n) is 4.54. The lowest BCUT2D eigenvalue weighted by molar-refractivity contribution is -0.138. The van der Waals surface area contributed by atoms with Crippen LogP contribution in [0.15, 0.2) is 11.8 Å². The summed E-state index contributed by atoms with van der Waals surface area (Å²) >= 11 is 0. The molecule has 0 bridgehead atoms. The van der Waals surface area contributed by atoms with Crippen molar-refractivity contribution in [2.75, 3.05) is 6.61 Å². The van der Waals surface area contributed by atoms with Crippen molar-refractivity contribution in [2.45, 2.75) is 58.0 Å². The van der Waals surface area contributed by atoms with Gasteiger partial charge in [0.25, 0.3) is 0 Å². The SMILES string of the molecule is CC(N)=CC(=O)OCCCCCCCCC(F)(F)F. The third-order valence-corrected chi connectivity index (χ3v) is 2.44. The van der Waals surface area contributed by atoms with E-state index in [1.165, 1.54) is 6.08 Å². The van der Waals surface area contributed by atoms with E-state index in [1.807, 2.05) is 0 Å². The first-order chi connectivity index (χ1) is 8.81.